The second kappa shape index (κ2) is 4.60. The fourth-order valence-electron chi connectivity index (χ4n) is 0.378. The molecular formula is C7H11NO3. The van der Waals surface area contributed by atoms with E-state index in [1.54, 1.807) is 13.8 Å². The lowest BCUT2D eigenvalue weighted by atomic mass is 10.3. The zero-order valence-corrected chi connectivity index (χ0v) is 6.88. The lowest BCUT2D eigenvalue weighted by molar-refractivity contribution is -0.145. The first-order valence-corrected chi connectivity index (χ1v) is 3.23. The van der Waals surface area contributed by atoms with Crippen molar-refractivity contribution in [3.63, 3.8) is 0 Å². The molecule has 0 bridgehead atoms. The molecule has 0 aromatic rings. The molecule has 0 unspecified atom stereocenters. The number of hydrogen-bond donors (Lipinski definition) is 0. The highest BCUT2D eigenvalue weighted by molar-refractivity contribution is 5.94. The van der Waals surface area contributed by atoms with Gasteiger partial charge in [0.15, 0.2) is 0 Å². The molecule has 11 heavy (non-hydrogen) atoms. The van der Waals surface area contributed by atoms with Crippen molar-refractivity contribution >= 4 is 17.5 Å². The Balaban J connectivity index is 3.71. The summed E-state index contributed by atoms with van der Waals surface area (Å²) in [5.74, 6) is -0.836. The van der Waals surface area contributed by atoms with Crippen molar-refractivity contribution in [2.45, 2.75) is 27.2 Å². The third-order valence-corrected chi connectivity index (χ3v) is 0.723. The minimum atomic E-state index is -0.612. The van der Waals surface area contributed by atoms with Crippen LogP contribution in [-0.2, 0) is 14.4 Å². The van der Waals surface area contributed by atoms with E-state index in [1.165, 1.54) is 6.92 Å². The molecule has 0 fully saturated rings. The van der Waals surface area contributed by atoms with Gasteiger partial charge in [-0.25, -0.2) is 4.79 Å². The Labute approximate surface area is 65.2 Å². The lowest BCUT2D eigenvalue weighted by Gasteiger charge is -1.93. The van der Waals surface area contributed by atoms with Gasteiger partial charge in [0, 0.05) is 0 Å². The molecule has 0 amide bonds. The number of Topliss-reactive ketones (excluding diaryl/α,β-unsaturated/α-hetero) is 1. The monoisotopic (exact) mass is 157 g/mol. The quantitative estimate of drug-likeness (QED) is 0.265. The second-order valence-corrected chi connectivity index (χ2v) is 2.38. The number of carbonyl (C=O) groups is 2. The van der Waals surface area contributed by atoms with Gasteiger partial charge in [-0.05, 0) is 20.8 Å². The molecule has 0 saturated carbocycles. The molecule has 0 aliphatic heterocycles. The average molecular weight is 157 g/mol. The van der Waals surface area contributed by atoms with Crippen LogP contribution in [0.3, 0.4) is 0 Å². The molecule has 0 rings (SSSR count). The largest absolute Gasteiger partial charge is 0.342 e. The van der Waals surface area contributed by atoms with E-state index in [2.05, 4.69) is 9.99 Å². The van der Waals surface area contributed by atoms with E-state index in [0.717, 1.165) is 0 Å². The summed E-state index contributed by atoms with van der Waals surface area (Å²) in [7, 11) is 0. The normalized spacial score (nSPS) is 8.64. The smallest absolute Gasteiger partial charge is 0.318 e. The van der Waals surface area contributed by atoms with Crippen LogP contribution in [0.4, 0.5) is 0 Å². The summed E-state index contributed by atoms with van der Waals surface area (Å²) < 4.78 is 0. The number of rotatable bonds is 3. The van der Waals surface area contributed by atoms with Gasteiger partial charge in [0.1, 0.15) is 12.2 Å². The van der Waals surface area contributed by atoms with Crippen molar-refractivity contribution in [3.8, 4) is 0 Å². The van der Waals surface area contributed by atoms with Crippen LogP contribution in [0.25, 0.3) is 0 Å². The SMILES string of the molecule is CC(=O)CC(=O)ON=C(C)C. The predicted molar refractivity (Wildman–Crippen MR) is 40.2 cm³/mol. The summed E-state index contributed by atoms with van der Waals surface area (Å²) in [6, 6.07) is 0. The summed E-state index contributed by atoms with van der Waals surface area (Å²) in [5.41, 5.74) is 0.641. The molecule has 4 heteroatoms. The first kappa shape index (κ1) is 9.81. The fourth-order valence-corrected chi connectivity index (χ4v) is 0.378. The summed E-state index contributed by atoms with van der Waals surface area (Å²) in [4.78, 5) is 25.3. The molecule has 62 valence electrons. The highest BCUT2D eigenvalue weighted by Crippen LogP contribution is 1.89. The summed E-state index contributed by atoms with van der Waals surface area (Å²) >= 11 is 0. The van der Waals surface area contributed by atoms with Crippen LogP contribution in [0.5, 0.6) is 0 Å². The van der Waals surface area contributed by atoms with Crippen LogP contribution in [0.15, 0.2) is 5.16 Å². The maximum absolute atomic E-state index is 10.6. The Bertz CT molecular complexity index is 192. The molecule has 0 atom stereocenters. The van der Waals surface area contributed by atoms with Crippen LogP contribution in [0.2, 0.25) is 0 Å². The zero-order valence-electron chi connectivity index (χ0n) is 6.88. The van der Waals surface area contributed by atoms with Gasteiger partial charge in [-0.1, -0.05) is 5.16 Å². The van der Waals surface area contributed by atoms with Crippen molar-refractivity contribution in [2.24, 2.45) is 5.16 Å². The van der Waals surface area contributed by atoms with Gasteiger partial charge in [-0.15, -0.1) is 0 Å². The van der Waals surface area contributed by atoms with E-state index in [9.17, 15) is 9.59 Å². The van der Waals surface area contributed by atoms with E-state index in [1.807, 2.05) is 0 Å². The standard InChI is InChI=1S/C7H11NO3/c1-5(2)8-11-7(10)4-6(3)9/h4H2,1-3H3. The maximum Gasteiger partial charge on any atom is 0.342 e. The van der Waals surface area contributed by atoms with E-state index in [-0.39, 0.29) is 12.2 Å². The highest BCUT2D eigenvalue weighted by Gasteiger charge is 2.05. The zero-order chi connectivity index (χ0) is 8.85. The molecule has 0 aromatic heterocycles. The van der Waals surface area contributed by atoms with Crippen LogP contribution >= 0.6 is 0 Å². The third kappa shape index (κ3) is 6.70. The van der Waals surface area contributed by atoms with Crippen LogP contribution in [-0.4, -0.2) is 17.5 Å². The molecule has 0 aliphatic carbocycles. The Morgan fingerprint density at radius 3 is 2.18 bits per heavy atom. The fraction of sp³-hybridized carbons (Fsp3) is 0.571. The predicted octanol–water partition coefficient (Wildman–Crippen LogP) is 0.904. The van der Waals surface area contributed by atoms with Crippen LogP contribution in [0, 0.1) is 0 Å². The second-order valence-electron chi connectivity index (χ2n) is 2.38. The molecule has 0 heterocycles. The minimum Gasteiger partial charge on any atom is -0.318 e. The number of nitrogens with zero attached hydrogens (tertiary/aromatic N) is 1. The van der Waals surface area contributed by atoms with Crippen LogP contribution < -0.4 is 0 Å². The summed E-state index contributed by atoms with van der Waals surface area (Å²) in [6.07, 6.45) is -0.212. The van der Waals surface area contributed by atoms with Gasteiger partial charge in [-0.2, -0.15) is 0 Å². The lowest BCUT2D eigenvalue weighted by Crippen LogP contribution is -2.06. The van der Waals surface area contributed by atoms with Crippen molar-refractivity contribution in [2.75, 3.05) is 0 Å². The van der Waals surface area contributed by atoms with Gasteiger partial charge in [-0.3, -0.25) is 4.79 Å². The van der Waals surface area contributed by atoms with E-state index < -0.39 is 5.97 Å². The topological polar surface area (TPSA) is 55.7 Å². The number of ketones is 1. The average Bonchev–Trinajstić information content (AvgIpc) is 1.82. The molecule has 0 saturated heterocycles. The van der Waals surface area contributed by atoms with Crippen LogP contribution in [0.1, 0.15) is 27.2 Å². The number of carbonyl (C=O) groups excluding carboxylic acids is 2. The molecule has 0 radical (unpaired) electrons. The Kier molecular flexibility index (Phi) is 4.10. The van der Waals surface area contributed by atoms with Gasteiger partial charge in [0.05, 0.1) is 5.71 Å². The third-order valence-electron chi connectivity index (χ3n) is 0.723. The Morgan fingerprint density at radius 2 is 1.82 bits per heavy atom. The van der Waals surface area contributed by atoms with Gasteiger partial charge < -0.3 is 4.84 Å². The minimum absolute atomic E-state index is 0.212. The summed E-state index contributed by atoms with van der Waals surface area (Å²) in [6.45, 7) is 4.71. The molecular weight excluding hydrogens is 146 g/mol. The molecule has 0 spiro atoms. The van der Waals surface area contributed by atoms with Crippen molar-refractivity contribution in [1.82, 2.24) is 0 Å². The Hall–Kier alpha value is -1.19. The van der Waals surface area contributed by atoms with Crippen molar-refractivity contribution in [1.29, 1.82) is 0 Å². The number of hydrogen-bond acceptors (Lipinski definition) is 4. The number of oxime groups is 1. The maximum atomic E-state index is 10.6. The Morgan fingerprint density at radius 1 is 1.27 bits per heavy atom. The first-order chi connectivity index (χ1) is 5.02. The summed E-state index contributed by atoms with van der Waals surface area (Å²) in [5, 5.41) is 3.39. The molecule has 0 aromatic carbocycles. The van der Waals surface area contributed by atoms with E-state index in [4.69, 9.17) is 0 Å². The van der Waals surface area contributed by atoms with E-state index >= 15 is 0 Å². The van der Waals surface area contributed by atoms with Gasteiger partial charge in [0.25, 0.3) is 0 Å². The molecule has 0 aliphatic rings. The van der Waals surface area contributed by atoms with Crippen molar-refractivity contribution < 1.29 is 14.4 Å². The first-order valence-electron chi connectivity index (χ1n) is 3.23. The molecule has 0 N–H and O–H groups in total. The van der Waals surface area contributed by atoms with Gasteiger partial charge in [0.2, 0.25) is 0 Å². The van der Waals surface area contributed by atoms with E-state index in [0.29, 0.717) is 5.71 Å². The van der Waals surface area contributed by atoms with Gasteiger partial charge >= 0.3 is 5.97 Å². The molecule has 4 nitrogen and oxygen atoms in total. The van der Waals surface area contributed by atoms with Crippen molar-refractivity contribution in [3.05, 3.63) is 0 Å². The highest BCUT2D eigenvalue weighted by atomic mass is 16.7.